The topological polar surface area (TPSA) is 53.0 Å². The number of carboxylic acid groups (broad SMARTS) is 1. The number of nitrogens with zero attached hydrogens (tertiary/aromatic N) is 1. The molecule has 0 saturated carbocycles. The molecule has 0 N–H and O–H groups in total. The van der Waals surface area contributed by atoms with Crippen LogP contribution in [0.2, 0.25) is 10.3 Å². The summed E-state index contributed by atoms with van der Waals surface area (Å²) in [5.41, 5.74) is 0.355. The van der Waals surface area contributed by atoms with E-state index < -0.39 is 27.7 Å². The van der Waals surface area contributed by atoms with Crippen LogP contribution in [-0.4, -0.2) is 11.0 Å². The number of pyridine rings is 1. The molecule has 1 aromatic carbocycles. The largest absolute Gasteiger partial charge is 0.545 e. The molecule has 0 radical (unpaired) electrons. The Labute approximate surface area is 118 Å². The van der Waals surface area contributed by atoms with Crippen LogP contribution in [0, 0.1) is 12.7 Å². The van der Waals surface area contributed by atoms with Crippen LogP contribution in [0.4, 0.5) is 4.39 Å². The maximum atomic E-state index is 14.1. The Hall–Kier alpha value is -1.65. The standard InChI is InChI=1S/C13H8Cl2FNO2/c1-6-4-2-3-5-7(6)8-9(13(18)19)11(14)17-12(15)10(8)16/h2-5H,1H3,(H,18,19)/p-1. The Bertz CT molecular complexity index is 674. The lowest BCUT2D eigenvalue weighted by atomic mass is 9.97. The molecule has 0 unspecified atom stereocenters. The van der Waals surface area contributed by atoms with Gasteiger partial charge in [-0.25, -0.2) is 9.37 Å². The van der Waals surface area contributed by atoms with Gasteiger partial charge in [-0.05, 0) is 18.1 Å². The molecule has 1 aromatic heterocycles. The number of aryl methyl sites for hydroxylation is 1. The second kappa shape index (κ2) is 5.15. The van der Waals surface area contributed by atoms with Gasteiger partial charge in [-0.15, -0.1) is 0 Å². The summed E-state index contributed by atoms with van der Waals surface area (Å²) >= 11 is 11.3. The van der Waals surface area contributed by atoms with Gasteiger partial charge in [0.1, 0.15) is 5.15 Å². The van der Waals surface area contributed by atoms with Crippen molar-refractivity contribution in [1.29, 1.82) is 0 Å². The Morgan fingerprint density at radius 3 is 2.47 bits per heavy atom. The van der Waals surface area contributed by atoms with E-state index in [1.54, 1.807) is 31.2 Å². The highest BCUT2D eigenvalue weighted by Gasteiger charge is 2.21. The smallest absolute Gasteiger partial charge is 0.169 e. The summed E-state index contributed by atoms with van der Waals surface area (Å²) in [5, 5.41) is 10.3. The summed E-state index contributed by atoms with van der Waals surface area (Å²) in [4.78, 5) is 14.6. The van der Waals surface area contributed by atoms with Crippen molar-refractivity contribution in [2.75, 3.05) is 0 Å². The first kappa shape index (κ1) is 13.8. The average molecular weight is 299 g/mol. The molecule has 0 aliphatic carbocycles. The van der Waals surface area contributed by atoms with Crippen molar-refractivity contribution in [3.8, 4) is 11.1 Å². The number of rotatable bonds is 2. The van der Waals surface area contributed by atoms with Crippen molar-refractivity contribution in [1.82, 2.24) is 4.98 Å². The molecule has 0 bridgehead atoms. The van der Waals surface area contributed by atoms with E-state index in [4.69, 9.17) is 23.2 Å². The zero-order chi connectivity index (χ0) is 14.2. The van der Waals surface area contributed by atoms with Gasteiger partial charge in [0, 0.05) is 11.1 Å². The van der Waals surface area contributed by atoms with E-state index in [0.717, 1.165) is 0 Å². The molecular formula is C13H7Cl2FNO2-. The Kier molecular flexibility index (Phi) is 3.73. The van der Waals surface area contributed by atoms with Crippen LogP contribution in [0.25, 0.3) is 11.1 Å². The second-order valence-electron chi connectivity index (χ2n) is 3.86. The van der Waals surface area contributed by atoms with Gasteiger partial charge in [-0.2, -0.15) is 0 Å². The average Bonchev–Trinajstić information content (AvgIpc) is 2.34. The SMILES string of the molecule is Cc1ccccc1-c1c(F)c(Cl)nc(Cl)c1C(=O)[O-]. The molecule has 0 amide bonds. The number of carboxylic acids is 1. The summed E-state index contributed by atoms with van der Waals surface area (Å²) < 4.78 is 14.1. The molecule has 6 heteroatoms. The van der Waals surface area contributed by atoms with Crippen molar-refractivity contribution in [2.45, 2.75) is 6.92 Å². The van der Waals surface area contributed by atoms with Crippen molar-refractivity contribution < 1.29 is 14.3 Å². The third kappa shape index (κ3) is 2.41. The minimum absolute atomic E-state index is 0.205. The van der Waals surface area contributed by atoms with E-state index >= 15 is 0 Å². The lowest BCUT2D eigenvalue weighted by Crippen LogP contribution is -2.24. The third-order valence-corrected chi connectivity index (χ3v) is 3.20. The van der Waals surface area contributed by atoms with Crippen molar-refractivity contribution >= 4 is 29.2 Å². The lowest BCUT2D eigenvalue weighted by Gasteiger charge is -2.15. The normalized spacial score (nSPS) is 10.5. The van der Waals surface area contributed by atoms with Crippen LogP contribution in [-0.2, 0) is 0 Å². The van der Waals surface area contributed by atoms with Gasteiger partial charge in [0.15, 0.2) is 11.0 Å². The van der Waals surface area contributed by atoms with Crippen LogP contribution >= 0.6 is 23.2 Å². The van der Waals surface area contributed by atoms with Gasteiger partial charge >= 0.3 is 0 Å². The number of carbonyl (C=O) groups excluding carboxylic acids is 1. The van der Waals surface area contributed by atoms with Crippen LogP contribution in [0.1, 0.15) is 15.9 Å². The molecule has 2 aromatic rings. The summed E-state index contributed by atoms with van der Waals surface area (Å²) in [6.07, 6.45) is 0. The zero-order valence-electron chi connectivity index (χ0n) is 9.71. The molecule has 3 nitrogen and oxygen atoms in total. The Morgan fingerprint density at radius 2 is 1.89 bits per heavy atom. The van der Waals surface area contributed by atoms with E-state index in [-0.39, 0.29) is 5.56 Å². The van der Waals surface area contributed by atoms with E-state index in [1.807, 2.05) is 0 Å². The van der Waals surface area contributed by atoms with Gasteiger partial charge in [0.2, 0.25) is 0 Å². The molecule has 0 saturated heterocycles. The molecule has 2 rings (SSSR count). The predicted octanol–water partition coefficient (Wildman–Crippen LogP) is 2.87. The van der Waals surface area contributed by atoms with Gasteiger partial charge in [0.25, 0.3) is 0 Å². The van der Waals surface area contributed by atoms with Crippen LogP contribution in [0.5, 0.6) is 0 Å². The third-order valence-electron chi connectivity index (χ3n) is 2.67. The molecule has 0 aliphatic rings. The minimum atomic E-state index is -1.61. The number of aromatic nitrogens is 1. The first-order valence-corrected chi connectivity index (χ1v) is 6.01. The molecule has 98 valence electrons. The highest BCUT2D eigenvalue weighted by molar-refractivity contribution is 6.35. The molecular weight excluding hydrogens is 292 g/mol. The van der Waals surface area contributed by atoms with E-state index in [2.05, 4.69) is 4.98 Å². The van der Waals surface area contributed by atoms with Crippen LogP contribution in [0.3, 0.4) is 0 Å². The van der Waals surface area contributed by atoms with E-state index in [1.165, 1.54) is 0 Å². The number of carbonyl (C=O) groups is 1. The monoisotopic (exact) mass is 298 g/mol. The fraction of sp³-hybridized carbons (Fsp3) is 0.0769. The van der Waals surface area contributed by atoms with Crippen LogP contribution < -0.4 is 5.11 Å². The Balaban J connectivity index is 2.89. The van der Waals surface area contributed by atoms with Gasteiger partial charge in [-0.1, -0.05) is 47.5 Å². The number of halogens is 3. The maximum absolute atomic E-state index is 14.1. The lowest BCUT2D eigenvalue weighted by molar-refractivity contribution is -0.255. The quantitative estimate of drug-likeness (QED) is 0.801. The number of benzene rings is 1. The second-order valence-corrected chi connectivity index (χ2v) is 4.58. The van der Waals surface area contributed by atoms with Gasteiger partial charge in [0.05, 0.1) is 5.97 Å². The number of hydrogen-bond donors (Lipinski definition) is 0. The first-order valence-electron chi connectivity index (χ1n) is 5.25. The van der Waals surface area contributed by atoms with Gasteiger partial charge in [-0.3, -0.25) is 0 Å². The molecule has 0 fully saturated rings. The maximum Gasteiger partial charge on any atom is 0.169 e. The highest BCUT2D eigenvalue weighted by Crippen LogP contribution is 2.35. The van der Waals surface area contributed by atoms with Crippen molar-refractivity contribution in [3.63, 3.8) is 0 Å². The first-order chi connectivity index (χ1) is 8.93. The molecule has 1 heterocycles. The van der Waals surface area contributed by atoms with Gasteiger partial charge < -0.3 is 9.90 Å². The predicted molar refractivity (Wildman–Crippen MR) is 68.7 cm³/mol. The summed E-state index contributed by atoms with van der Waals surface area (Å²) in [7, 11) is 0. The number of hydrogen-bond acceptors (Lipinski definition) is 3. The molecule has 19 heavy (non-hydrogen) atoms. The minimum Gasteiger partial charge on any atom is -0.545 e. The molecule has 0 aliphatic heterocycles. The molecule has 0 spiro atoms. The highest BCUT2D eigenvalue weighted by atomic mass is 35.5. The number of aromatic carboxylic acids is 1. The fourth-order valence-electron chi connectivity index (χ4n) is 1.80. The molecule has 0 atom stereocenters. The van der Waals surface area contributed by atoms with E-state index in [0.29, 0.717) is 11.1 Å². The zero-order valence-corrected chi connectivity index (χ0v) is 11.2. The van der Waals surface area contributed by atoms with Crippen molar-refractivity contribution in [2.24, 2.45) is 0 Å². The summed E-state index contributed by atoms with van der Waals surface area (Å²) in [6, 6.07) is 6.70. The summed E-state index contributed by atoms with van der Waals surface area (Å²) in [5.74, 6) is -2.54. The van der Waals surface area contributed by atoms with Crippen LogP contribution in [0.15, 0.2) is 24.3 Å². The summed E-state index contributed by atoms with van der Waals surface area (Å²) in [6.45, 7) is 1.72. The Morgan fingerprint density at radius 1 is 1.26 bits per heavy atom. The fourth-order valence-corrected chi connectivity index (χ4v) is 2.28. The van der Waals surface area contributed by atoms with Crippen molar-refractivity contribution in [3.05, 3.63) is 51.5 Å². The van der Waals surface area contributed by atoms with E-state index in [9.17, 15) is 14.3 Å².